The van der Waals surface area contributed by atoms with Crippen LogP contribution in [0.4, 0.5) is 0 Å². The second-order valence-electron chi connectivity index (χ2n) is 3.17. The summed E-state index contributed by atoms with van der Waals surface area (Å²) in [6.45, 7) is 0. The van der Waals surface area contributed by atoms with Crippen LogP contribution in [0, 0.1) is 0 Å². The Labute approximate surface area is 129 Å². The number of nitrogens with zero attached hydrogens (tertiary/aromatic N) is 4. The van der Waals surface area contributed by atoms with Crippen LogP contribution in [0.25, 0.3) is 0 Å². The van der Waals surface area contributed by atoms with E-state index in [1.54, 1.807) is 0 Å². The molecule has 0 bridgehead atoms. The van der Waals surface area contributed by atoms with Gasteiger partial charge in [-0.25, -0.2) is 9.36 Å². The minimum atomic E-state index is -0.178. The van der Waals surface area contributed by atoms with Crippen molar-refractivity contribution in [2.45, 2.75) is 11.8 Å². The molecule has 2 aromatic heterocycles. The molecular weight excluding hydrogens is 344 g/mol. The van der Waals surface area contributed by atoms with E-state index in [0.717, 1.165) is 22.7 Å². The summed E-state index contributed by atoms with van der Waals surface area (Å²) < 4.78 is 12.4. The molecule has 2 rings (SSSR count). The topological polar surface area (TPSA) is 88.2 Å². The fourth-order valence-electron chi connectivity index (χ4n) is 1.08. The van der Waals surface area contributed by atoms with E-state index in [1.807, 2.05) is 0 Å². The smallest absolute Gasteiger partial charge is 0.329 e. The Morgan fingerprint density at radius 3 is 1.65 bits per heavy atom. The Hall–Kier alpha value is -0.980. The lowest BCUT2D eigenvalue weighted by Crippen LogP contribution is -2.14. The molecule has 0 aromatic carbocycles. The normalized spacial score (nSPS) is 10.7. The number of rotatable bonds is 7. The van der Waals surface area contributed by atoms with E-state index in [2.05, 4.69) is 10.2 Å². The third-order valence-electron chi connectivity index (χ3n) is 1.96. The Morgan fingerprint density at radius 1 is 0.950 bits per heavy atom. The SMILES string of the molecule is COc1nn(CSSCn2nc(OC)sc2=O)c(=O)s1. The van der Waals surface area contributed by atoms with Crippen molar-refractivity contribution in [1.82, 2.24) is 19.6 Å². The second-order valence-corrected chi connectivity index (χ2v) is 7.38. The average molecular weight is 354 g/mol. The fourth-order valence-corrected chi connectivity index (χ4v) is 4.15. The highest BCUT2D eigenvalue weighted by Crippen LogP contribution is 2.24. The van der Waals surface area contributed by atoms with E-state index in [-0.39, 0.29) is 9.75 Å². The van der Waals surface area contributed by atoms with E-state index in [0.29, 0.717) is 22.1 Å². The van der Waals surface area contributed by atoms with Crippen molar-refractivity contribution in [3.8, 4) is 10.4 Å². The quantitative estimate of drug-likeness (QED) is 0.536. The van der Waals surface area contributed by atoms with Gasteiger partial charge in [-0.2, -0.15) is 0 Å². The molecule has 0 saturated heterocycles. The molecule has 0 N–H and O–H groups in total. The predicted molar refractivity (Wildman–Crippen MR) is 81.0 cm³/mol. The van der Waals surface area contributed by atoms with E-state index >= 15 is 0 Å². The lowest BCUT2D eigenvalue weighted by atomic mass is 11.2. The maximum absolute atomic E-state index is 11.5. The van der Waals surface area contributed by atoms with Crippen LogP contribution in [0.1, 0.15) is 0 Å². The zero-order chi connectivity index (χ0) is 14.5. The van der Waals surface area contributed by atoms with Gasteiger partial charge in [-0.05, 0) is 22.7 Å². The van der Waals surface area contributed by atoms with E-state index in [4.69, 9.17) is 9.47 Å². The first-order valence-electron chi connectivity index (χ1n) is 5.12. The van der Waals surface area contributed by atoms with Gasteiger partial charge >= 0.3 is 9.75 Å². The van der Waals surface area contributed by atoms with Crippen LogP contribution >= 0.6 is 44.3 Å². The Balaban J connectivity index is 1.84. The highest BCUT2D eigenvalue weighted by molar-refractivity contribution is 8.76. The summed E-state index contributed by atoms with van der Waals surface area (Å²) in [5.41, 5.74) is 0. The van der Waals surface area contributed by atoms with Crippen molar-refractivity contribution >= 4 is 44.3 Å². The Kier molecular flexibility index (Phi) is 5.51. The highest BCUT2D eigenvalue weighted by atomic mass is 33.1. The van der Waals surface area contributed by atoms with Gasteiger partial charge in [0.15, 0.2) is 0 Å². The third-order valence-corrected chi connectivity index (χ3v) is 5.57. The molecule has 0 unspecified atom stereocenters. The van der Waals surface area contributed by atoms with Crippen LogP contribution in [0.3, 0.4) is 0 Å². The van der Waals surface area contributed by atoms with Crippen molar-refractivity contribution in [3.63, 3.8) is 0 Å². The van der Waals surface area contributed by atoms with Crippen LogP contribution in [-0.4, -0.2) is 33.8 Å². The molecule has 0 aliphatic heterocycles. The molecule has 2 heterocycles. The van der Waals surface area contributed by atoms with Gasteiger partial charge in [0, 0.05) is 0 Å². The minimum absolute atomic E-state index is 0.178. The molecule has 110 valence electrons. The maximum atomic E-state index is 11.5. The van der Waals surface area contributed by atoms with Crippen molar-refractivity contribution in [3.05, 3.63) is 19.3 Å². The van der Waals surface area contributed by atoms with Crippen molar-refractivity contribution in [1.29, 1.82) is 0 Å². The van der Waals surface area contributed by atoms with E-state index < -0.39 is 0 Å². The molecule has 20 heavy (non-hydrogen) atoms. The summed E-state index contributed by atoms with van der Waals surface area (Å²) in [5, 5.41) is 8.61. The number of aromatic nitrogens is 4. The molecule has 0 spiro atoms. The van der Waals surface area contributed by atoms with Gasteiger partial charge in [0.05, 0.1) is 14.2 Å². The molecule has 12 heteroatoms. The lowest BCUT2D eigenvalue weighted by Gasteiger charge is -2.00. The average Bonchev–Trinajstić information content (AvgIpc) is 2.98. The number of hydrogen-bond donors (Lipinski definition) is 0. The summed E-state index contributed by atoms with van der Waals surface area (Å²) in [6, 6.07) is 0. The Morgan fingerprint density at radius 2 is 1.35 bits per heavy atom. The summed E-state index contributed by atoms with van der Waals surface area (Å²) in [5.74, 6) is 0.749. The van der Waals surface area contributed by atoms with Gasteiger partial charge in [-0.1, -0.05) is 21.6 Å². The van der Waals surface area contributed by atoms with E-state index in [1.165, 1.54) is 45.2 Å². The van der Waals surface area contributed by atoms with Gasteiger partial charge in [0.1, 0.15) is 11.8 Å². The Bertz CT molecular complexity index is 616. The van der Waals surface area contributed by atoms with Gasteiger partial charge in [0.25, 0.3) is 10.4 Å². The summed E-state index contributed by atoms with van der Waals surface area (Å²) in [6.07, 6.45) is 0. The summed E-state index contributed by atoms with van der Waals surface area (Å²) in [7, 11) is 5.72. The third kappa shape index (κ3) is 3.77. The van der Waals surface area contributed by atoms with Crippen molar-refractivity contribution in [2.24, 2.45) is 0 Å². The van der Waals surface area contributed by atoms with Crippen LogP contribution in [-0.2, 0) is 11.8 Å². The number of ether oxygens (including phenoxy) is 2. The summed E-state index contributed by atoms with van der Waals surface area (Å²) in [4.78, 5) is 22.6. The highest BCUT2D eigenvalue weighted by Gasteiger charge is 2.08. The van der Waals surface area contributed by atoms with Crippen LogP contribution in [0.2, 0.25) is 0 Å². The predicted octanol–water partition coefficient (Wildman–Crippen LogP) is 0.937. The van der Waals surface area contributed by atoms with Gasteiger partial charge < -0.3 is 9.47 Å². The van der Waals surface area contributed by atoms with Gasteiger partial charge in [-0.15, -0.1) is 10.2 Å². The molecule has 0 atom stereocenters. The van der Waals surface area contributed by atoms with E-state index in [9.17, 15) is 9.59 Å². The van der Waals surface area contributed by atoms with Crippen molar-refractivity contribution in [2.75, 3.05) is 14.2 Å². The first kappa shape index (κ1) is 15.4. The zero-order valence-corrected chi connectivity index (χ0v) is 13.7. The monoisotopic (exact) mass is 354 g/mol. The molecule has 0 amide bonds. The molecule has 0 radical (unpaired) electrons. The van der Waals surface area contributed by atoms with Gasteiger partial charge in [0.2, 0.25) is 0 Å². The van der Waals surface area contributed by atoms with Crippen LogP contribution in [0.15, 0.2) is 9.59 Å². The second kappa shape index (κ2) is 7.15. The molecule has 0 fully saturated rings. The number of methoxy groups -OCH3 is 2. The molecular formula is C8H10N4O4S4. The fraction of sp³-hybridized carbons (Fsp3) is 0.500. The zero-order valence-electron chi connectivity index (χ0n) is 10.5. The first-order chi connectivity index (χ1) is 9.63. The summed E-state index contributed by atoms with van der Waals surface area (Å²) >= 11 is 1.89. The van der Waals surface area contributed by atoms with Crippen molar-refractivity contribution < 1.29 is 9.47 Å². The van der Waals surface area contributed by atoms with Crippen LogP contribution < -0.4 is 19.2 Å². The molecule has 8 nitrogen and oxygen atoms in total. The molecule has 0 aliphatic rings. The molecule has 0 saturated carbocycles. The molecule has 2 aromatic rings. The molecule has 0 aliphatic carbocycles. The lowest BCUT2D eigenvalue weighted by molar-refractivity contribution is 0.400. The minimum Gasteiger partial charge on any atom is -0.472 e. The van der Waals surface area contributed by atoms with Crippen LogP contribution in [0.5, 0.6) is 10.4 Å². The standard InChI is InChI=1S/C8H10N4O4S4/c1-15-5-9-11(7(13)19-5)3-17-18-4-12-8(14)20-6(10-12)16-2/h3-4H2,1-2H3. The van der Waals surface area contributed by atoms with Gasteiger partial charge in [-0.3, -0.25) is 9.59 Å². The maximum Gasteiger partial charge on any atom is 0.329 e. The largest absolute Gasteiger partial charge is 0.472 e. The first-order valence-corrected chi connectivity index (χ1v) is 9.24. The number of hydrogen-bond acceptors (Lipinski definition) is 10.